The number of nitrogens with zero attached hydrogens (tertiary/aromatic N) is 1. The van der Waals surface area contributed by atoms with E-state index in [0.29, 0.717) is 18.0 Å². The molecule has 1 fully saturated rings. The van der Waals surface area contributed by atoms with Gasteiger partial charge in [0.1, 0.15) is 11.8 Å². The van der Waals surface area contributed by atoms with Crippen molar-refractivity contribution in [3.63, 3.8) is 0 Å². The van der Waals surface area contributed by atoms with Gasteiger partial charge in [-0.15, -0.1) is 0 Å². The van der Waals surface area contributed by atoms with Gasteiger partial charge in [-0.25, -0.2) is 4.79 Å². The van der Waals surface area contributed by atoms with Crippen LogP contribution in [0, 0.1) is 5.92 Å². The Labute approximate surface area is 115 Å². The molecule has 0 spiro atoms. The Morgan fingerprint density at radius 3 is 2.74 bits per heavy atom. The number of likely N-dealkylation sites (tertiary alicyclic amines) is 1. The first-order chi connectivity index (χ1) is 8.91. The van der Waals surface area contributed by atoms with Gasteiger partial charge in [-0.3, -0.25) is 4.79 Å². The normalized spacial score (nSPS) is 22.5. The third-order valence-electron chi connectivity index (χ3n) is 3.40. The molecule has 0 aromatic heterocycles. The smallest absolute Gasteiger partial charge is 0.326 e. The molecule has 1 heterocycles. The van der Waals surface area contributed by atoms with Gasteiger partial charge in [-0.1, -0.05) is 18.5 Å². The highest BCUT2D eigenvalue weighted by Gasteiger charge is 2.40. The predicted octanol–water partition coefficient (Wildman–Crippen LogP) is 1.98. The number of amides is 1. The molecule has 2 atom stereocenters. The number of carbonyl (C=O) groups excluding carboxylic acids is 1. The first-order valence-electron chi connectivity index (χ1n) is 5.94. The number of phenolic OH excluding ortho intramolecular Hbond substituents is 1. The van der Waals surface area contributed by atoms with Gasteiger partial charge in [0, 0.05) is 11.6 Å². The van der Waals surface area contributed by atoms with Gasteiger partial charge >= 0.3 is 5.97 Å². The summed E-state index contributed by atoms with van der Waals surface area (Å²) in [4.78, 5) is 24.8. The quantitative estimate of drug-likeness (QED) is 0.870. The average Bonchev–Trinajstić information content (AvgIpc) is 2.73. The Hall–Kier alpha value is -1.75. The highest BCUT2D eigenvalue weighted by molar-refractivity contribution is 6.31. The van der Waals surface area contributed by atoms with Crippen molar-refractivity contribution in [2.75, 3.05) is 6.54 Å². The molecular formula is C13H14ClNO4. The van der Waals surface area contributed by atoms with Crippen LogP contribution in [-0.4, -0.2) is 39.6 Å². The first-order valence-corrected chi connectivity index (χ1v) is 6.32. The molecule has 1 aliphatic rings. The summed E-state index contributed by atoms with van der Waals surface area (Å²) in [6, 6.07) is 3.28. The summed E-state index contributed by atoms with van der Waals surface area (Å²) < 4.78 is 0. The van der Waals surface area contributed by atoms with Crippen molar-refractivity contribution in [2.24, 2.45) is 5.92 Å². The molecule has 2 rings (SSSR count). The Bertz CT molecular complexity index is 531. The SMILES string of the molecule is CC1CCN(C(=O)c2cc(Cl)ccc2O)C1C(=O)O. The van der Waals surface area contributed by atoms with Crippen LogP contribution in [0.1, 0.15) is 23.7 Å². The number of rotatable bonds is 2. The fraction of sp³-hybridized carbons (Fsp3) is 0.385. The minimum atomic E-state index is -1.03. The van der Waals surface area contributed by atoms with Gasteiger partial charge < -0.3 is 15.1 Å². The molecule has 0 aliphatic carbocycles. The number of aliphatic carboxylic acids is 1. The maximum Gasteiger partial charge on any atom is 0.326 e. The Morgan fingerprint density at radius 1 is 1.42 bits per heavy atom. The Balaban J connectivity index is 2.33. The first kappa shape index (κ1) is 13.7. The highest BCUT2D eigenvalue weighted by Crippen LogP contribution is 2.29. The summed E-state index contributed by atoms with van der Waals surface area (Å²) in [6.07, 6.45) is 0.629. The third kappa shape index (κ3) is 2.51. The standard InChI is InChI=1S/C13H14ClNO4/c1-7-4-5-15(11(7)13(18)19)12(17)9-6-8(14)2-3-10(9)16/h2-3,6-7,11,16H,4-5H2,1H3,(H,18,19). The predicted molar refractivity (Wildman–Crippen MR) is 69.4 cm³/mol. The van der Waals surface area contributed by atoms with Crippen molar-refractivity contribution in [2.45, 2.75) is 19.4 Å². The number of benzene rings is 1. The third-order valence-corrected chi connectivity index (χ3v) is 3.64. The molecular weight excluding hydrogens is 270 g/mol. The Morgan fingerprint density at radius 2 is 2.11 bits per heavy atom. The van der Waals surface area contributed by atoms with Crippen LogP contribution < -0.4 is 0 Å². The van der Waals surface area contributed by atoms with Crippen LogP contribution in [0.15, 0.2) is 18.2 Å². The van der Waals surface area contributed by atoms with E-state index in [1.807, 2.05) is 0 Å². The van der Waals surface area contributed by atoms with E-state index in [9.17, 15) is 19.8 Å². The van der Waals surface area contributed by atoms with E-state index in [-0.39, 0.29) is 17.2 Å². The fourth-order valence-corrected chi connectivity index (χ4v) is 2.56. The summed E-state index contributed by atoms with van der Waals surface area (Å²) in [5.74, 6) is -1.84. The zero-order valence-corrected chi connectivity index (χ0v) is 11.1. The van der Waals surface area contributed by atoms with E-state index in [4.69, 9.17) is 11.6 Å². The average molecular weight is 284 g/mol. The van der Waals surface area contributed by atoms with E-state index in [2.05, 4.69) is 0 Å². The van der Waals surface area contributed by atoms with Crippen LogP contribution in [0.25, 0.3) is 0 Å². The molecule has 2 N–H and O–H groups in total. The Kier molecular flexibility index (Phi) is 3.66. The van der Waals surface area contributed by atoms with Gasteiger partial charge in [-0.2, -0.15) is 0 Å². The monoisotopic (exact) mass is 283 g/mol. The van der Waals surface area contributed by atoms with Gasteiger partial charge in [0.05, 0.1) is 5.56 Å². The van der Waals surface area contributed by atoms with Gasteiger partial charge in [0.15, 0.2) is 0 Å². The summed E-state index contributed by atoms with van der Waals surface area (Å²) in [7, 11) is 0. The maximum atomic E-state index is 12.3. The second-order valence-corrected chi connectivity index (χ2v) is 5.15. The molecule has 1 saturated heterocycles. The number of aromatic hydroxyl groups is 1. The molecule has 0 bridgehead atoms. The largest absolute Gasteiger partial charge is 0.507 e. The number of carboxylic acids is 1. The van der Waals surface area contributed by atoms with E-state index >= 15 is 0 Å². The van der Waals surface area contributed by atoms with Crippen LogP contribution >= 0.6 is 11.6 Å². The van der Waals surface area contributed by atoms with Crippen molar-refractivity contribution in [3.8, 4) is 5.75 Å². The van der Waals surface area contributed by atoms with Gasteiger partial charge in [0.2, 0.25) is 0 Å². The molecule has 102 valence electrons. The van der Waals surface area contributed by atoms with E-state index in [0.717, 1.165) is 0 Å². The van der Waals surface area contributed by atoms with Crippen LogP contribution in [0.4, 0.5) is 0 Å². The van der Waals surface area contributed by atoms with Gasteiger partial charge in [-0.05, 0) is 30.5 Å². The zero-order chi connectivity index (χ0) is 14.2. The minimum absolute atomic E-state index is 0.0350. The molecule has 6 heteroatoms. The van der Waals surface area contributed by atoms with Crippen LogP contribution in [0.2, 0.25) is 5.02 Å². The number of halogens is 1. The van der Waals surface area contributed by atoms with E-state index < -0.39 is 17.9 Å². The number of carboxylic acid groups (broad SMARTS) is 1. The molecule has 1 amide bonds. The lowest BCUT2D eigenvalue weighted by Crippen LogP contribution is -2.42. The molecule has 1 aromatic carbocycles. The van der Waals surface area contributed by atoms with E-state index in [1.165, 1.54) is 23.1 Å². The molecule has 19 heavy (non-hydrogen) atoms. The molecule has 0 radical (unpaired) electrons. The lowest BCUT2D eigenvalue weighted by Gasteiger charge is -2.23. The van der Waals surface area contributed by atoms with Crippen LogP contribution in [0.5, 0.6) is 5.75 Å². The molecule has 1 aliphatic heterocycles. The van der Waals surface area contributed by atoms with Crippen molar-refractivity contribution in [1.82, 2.24) is 4.90 Å². The fourth-order valence-electron chi connectivity index (χ4n) is 2.39. The van der Waals surface area contributed by atoms with Crippen molar-refractivity contribution in [3.05, 3.63) is 28.8 Å². The lowest BCUT2D eigenvalue weighted by molar-refractivity contribution is -0.142. The summed E-state index contributed by atoms with van der Waals surface area (Å²) in [6.45, 7) is 2.16. The van der Waals surface area contributed by atoms with Crippen LogP contribution in [-0.2, 0) is 4.79 Å². The highest BCUT2D eigenvalue weighted by atomic mass is 35.5. The molecule has 0 saturated carbocycles. The van der Waals surface area contributed by atoms with Crippen LogP contribution in [0.3, 0.4) is 0 Å². The van der Waals surface area contributed by atoms with E-state index in [1.54, 1.807) is 6.92 Å². The molecule has 2 unspecified atom stereocenters. The lowest BCUT2D eigenvalue weighted by atomic mass is 10.0. The summed E-state index contributed by atoms with van der Waals surface area (Å²) >= 11 is 5.80. The molecule has 5 nitrogen and oxygen atoms in total. The zero-order valence-electron chi connectivity index (χ0n) is 10.3. The summed E-state index contributed by atoms with van der Waals surface area (Å²) in [5.41, 5.74) is 0.0350. The maximum absolute atomic E-state index is 12.3. The number of phenols is 1. The summed E-state index contributed by atoms with van der Waals surface area (Å²) in [5, 5.41) is 19.2. The van der Waals surface area contributed by atoms with Crippen molar-refractivity contribution >= 4 is 23.5 Å². The molecule has 1 aromatic rings. The van der Waals surface area contributed by atoms with Crippen molar-refractivity contribution in [1.29, 1.82) is 0 Å². The van der Waals surface area contributed by atoms with Gasteiger partial charge in [0.25, 0.3) is 5.91 Å². The number of carbonyl (C=O) groups is 2. The number of hydrogen-bond acceptors (Lipinski definition) is 3. The van der Waals surface area contributed by atoms with Crippen molar-refractivity contribution < 1.29 is 19.8 Å². The second kappa shape index (κ2) is 5.09. The topological polar surface area (TPSA) is 77.8 Å². The number of hydrogen-bond donors (Lipinski definition) is 2. The minimum Gasteiger partial charge on any atom is -0.507 e. The second-order valence-electron chi connectivity index (χ2n) is 4.71.